The number of aromatic nitrogens is 3. The molecule has 1 aliphatic rings. The number of likely N-dealkylation sites (tertiary alicyclic amines) is 1. The van der Waals surface area contributed by atoms with Crippen LogP contribution in [0.3, 0.4) is 0 Å². The van der Waals surface area contributed by atoms with Crippen molar-refractivity contribution in [1.29, 1.82) is 0 Å². The predicted octanol–water partition coefficient (Wildman–Crippen LogP) is 5.25. The summed E-state index contributed by atoms with van der Waals surface area (Å²) >= 11 is 6.31. The van der Waals surface area contributed by atoms with E-state index in [1.807, 2.05) is 59.4 Å². The molecule has 1 aliphatic heterocycles. The van der Waals surface area contributed by atoms with Gasteiger partial charge in [0.1, 0.15) is 5.82 Å². The van der Waals surface area contributed by atoms with Crippen LogP contribution in [0.15, 0.2) is 73.2 Å². The largest absolute Gasteiger partial charge is 0.383 e. The van der Waals surface area contributed by atoms with Gasteiger partial charge in [-0.15, -0.1) is 0 Å². The number of hydrogen-bond acceptors (Lipinski definition) is 5. The van der Waals surface area contributed by atoms with Crippen molar-refractivity contribution >= 4 is 29.2 Å². The van der Waals surface area contributed by atoms with Crippen LogP contribution < -0.4 is 11.1 Å². The lowest BCUT2D eigenvalue weighted by Crippen LogP contribution is -2.38. The van der Waals surface area contributed by atoms with Gasteiger partial charge in [0.25, 0.3) is 11.8 Å². The molecule has 200 valence electrons. The molecular weight excluding hydrogens is 512 g/mol. The Morgan fingerprint density at radius 2 is 1.77 bits per heavy atom. The lowest BCUT2D eigenvalue weighted by atomic mass is 10.0. The van der Waals surface area contributed by atoms with Crippen LogP contribution >= 0.6 is 11.6 Å². The molecule has 2 amide bonds. The Labute approximate surface area is 232 Å². The lowest BCUT2D eigenvalue weighted by Gasteiger charge is -2.18. The molecule has 1 atom stereocenters. The van der Waals surface area contributed by atoms with Gasteiger partial charge in [-0.25, -0.2) is 4.98 Å². The molecule has 0 bridgehead atoms. The van der Waals surface area contributed by atoms with E-state index in [4.69, 9.17) is 17.3 Å². The van der Waals surface area contributed by atoms with Gasteiger partial charge in [0.05, 0.1) is 17.3 Å². The standard InChI is InChI=1S/C30H31ClN6O2/c1-30(2,3)37-17-22(16-34-37)21-14-25(27(32)33-15-21)28(38)35-23-12-13-36(18-23)29(39)20-10-8-19(9-11-20)24-6-4-5-7-26(24)31/h4-11,14-17,23H,12-13,18H2,1-3H3,(H2,32,33)(H,35,38)/t23-/m1/s1. The number of anilines is 1. The van der Waals surface area contributed by atoms with E-state index in [1.165, 1.54) is 0 Å². The van der Waals surface area contributed by atoms with Crippen molar-refractivity contribution in [3.05, 3.63) is 89.3 Å². The van der Waals surface area contributed by atoms with E-state index in [0.717, 1.165) is 22.3 Å². The molecule has 2 aromatic carbocycles. The van der Waals surface area contributed by atoms with Crippen LogP contribution in [0.4, 0.5) is 5.82 Å². The van der Waals surface area contributed by atoms with Crippen molar-refractivity contribution in [2.75, 3.05) is 18.8 Å². The smallest absolute Gasteiger partial charge is 0.255 e. The molecule has 9 heteroatoms. The summed E-state index contributed by atoms with van der Waals surface area (Å²) in [5.41, 5.74) is 10.3. The van der Waals surface area contributed by atoms with Gasteiger partial charge in [0.2, 0.25) is 0 Å². The second kappa shape index (κ2) is 10.5. The fourth-order valence-electron chi connectivity index (χ4n) is 4.65. The summed E-state index contributed by atoms with van der Waals surface area (Å²) in [7, 11) is 0. The molecule has 1 saturated heterocycles. The van der Waals surface area contributed by atoms with E-state index < -0.39 is 0 Å². The molecule has 3 heterocycles. The van der Waals surface area contributed by atoms with E-state index in [0.29, 0.717) is 35.7 Å². The molecule has 4 aromatic rings. The molecule has 8 nitrogen and oxygen atoms in total. The van der Waals surface area contributed by atoms with E-state index in [9.17, 15) is 9.59 Å². The van der Waals surface area contributed by atoms with E-state index >= 15 is 0 Å². The Kier molecular flexibility index (Phi) is 7.14. The van der Waals surface area contributed by atoms with Gasteiger partial charge in [-0.3, -0.25) is 14.3 Å². The molecule has 5 rings (SSSR count). The summed E-state index contributed by atoms with van der Waals surface area (Å²) in [5, 5.41) is 8.12. The van der Waals surface area contributed by atoms with E-state index in [1.54, 1.807) is 23.4 Å². The maximum Gasteiger partial charge on any atom is 0.255 e. The summed E-state index contributed by atoms with van der Waals surface area (Å²) in [5.74, 6) is -0.228. The third-order valence-electron chi connectivity index (χ3n) is 6.89. The van der Waals surface area contributed by atoms with Gasteiger partial charge < -0.3 is 16.0 Å². The van der Waals surface area contributed by atoms with Gasteiger partial charge in [0, 0.05) is 58.8 Å². The third-order valence-corrected chi connectivity index (χ3v) is 7.22. The number of hydrogen-bond donors (Lipinski definition) is 2. The van der Waals surface area contributed by atoms with Crippen LogP contribution in [-0.2, 0) is 5.54 Å². The van der Waals surface area contributed by atoms with E-state index in [-0.39, 0.29) is 29.2 Å². The van der Waals surface area contributed by atoms with Crippen LogP contribution in [0.2, 0.25) is 5.02 Å². The first kappa shape index (κ1) is 26.4. The molecule has 0 unspecified atom stereocenters. The first-order valence-electron chi connectivity index (χ1n) is 12.9. The molecule has 0 spiro atoms. The number of carbonyl (C=O) groups is 2. The molecule has 0 aliphatic carbocycles. The zero-order valence-corrected chi connectivity index (χ0v) is 22.9. The number of amides is 2. The van der Waals surface area contributed by atoms with Gasteiger partial charge in [0.15, 0.2) is 0 Å². The summed E-state index contributed by atoms with van der Waals surface area (Å²) in [4.78, 5) is 32.3. The minimum absolute atomic E-state index is 0.0727. The maximum atomic E-state index is 13.1. The summed E-state index contributed by atoms with van der Waals surface area (Å²) in [6.07, 6.45) is 5.97. The molecule has 2 aromatic heterocycles. The normalized spacial score (nSPS) is 15.4. The van der Waals surface area contributed by atoms with Crippen molar-refractivity contribution in [2.24, 2.45) is 0 Å². The predicted molar refractivity (Wildman–Crippen MR) is 154 cm³/mol. The third kappa shape index (κ3) is 5.66. The highest BCUT2D eigenvalue weighted by atomic mass is 35.5. The van der Waals surface area contributed by atoms with Crippen LogP contribution in [-0.4, -0.2) is 50.6 Å². The number of nitrogen functional groups attached to an aromatic ring is 1. The summed E-state index contributed by atoms with van der Waals surface area (Å²) < 4.78 is 1.87. The number of carbonyl (C=O) groups excluding carboxylic acids is 2. The molecule has 3 N–H and O–H groups in total. The van der Waals surface area contributed by atoms with Gasteiger partial charge in [-0.05, 0) is 57.0 Å². The van der Waals surface area contributed by atoms with Crippen LogP contribution in [0.25, 0.3) is 22.3 Å². The number of pyridine rings is 1. The number of halogens is 1. The fourth-order valence-corrected chi connectivity index (χ4v) is 4.89. The Morgan fingerprint density at radius 1 is 1.03 bits per heavy atom. The zero-order chi connectivity index (χ0) is 27.7. The zero-order valence-electron chi connectivity index (χ0n) is 22.2. The van der Waals surface area contributed by atoms with Crippen molar-refractivity contribution in [1.82, 2.24) is 25.0 Å². The van der Waals surface area contributed by atoms with Gasteiger partial charge >= 0.3 is 0 Å². The molecule has 0 radical (unpaired) electrons. The Balaban J connectivity index is 1.24. The molecular formula is C30H31ClN6O2. The van der Waals surface area contributed by atoms with Crippen LogP contribution in [0.5, 0.6) is 0 Å². The second-order valence-electron chi connectivity index (χ2n) is 10.8. The van der Waals surface area contributed by atoms with Crippen molar-refractivity contribution < 1.29 is 9.59 Å². The van der Waals surface area contributed by atoms with Crippen molar-refractivity contribution in [2.45, 2.75) is 38.8 Å². The molecule has 0 saturated carbocycles. The van der Waals surface area contributed by atoms with Gasteiger partial charge in [-0.2, -0.15) is 5.10 Å². The Morgan fingerprint density at radius 3 is 2.46 bits per heavy atom. The first-order chi connectivity index (χ1) is 18.6. The average molecular weight is 543 g/mol. The maximum absolute atomic E-state index is 13.1. The topological polar surface area (TPSA) is 106 Å². The SMILES string of the molecule is CC(C)(C)n1cc(-c2cnc(N)c(C(=O)N[C@@H]3CCN(C(=O)c4ccc(-c5ccccc5Cl)cc4)C3)c2)cn1. The molecule has 1 fully saturated rings. The summed E-state index contributed by atoms with van der Waals surface area (Å²) in [6, 6.07) is 16.6. The van der Waals surface area contributed by atoms with Crippen LogP contribution in [0.1, 0.15) is 47.9 Å². The number of nitrogens with zero attached hydrogens (tertiary/aromatic N) is 4. The highest BCUT2D eigenvalue weighted by Crippen LogP contribution is 2.28. The van der Waals surface area contributed by atoms with Crippen molar-refractivity contribution in [3.8, 4) is 22.3 Å². The Bertz CT molecular complexity index is 1520. The number of benzene rings is 2. The first-order valence-corrected chi connectivity index (χ1v) is 13.2. The second-order valence-corrected chi connectivity index (χ2v) is 11.2. The number of nitrogens with one attached hydrogen (secondary N) is 1. The summed E-state index contributed by atoms with van der Waals surface area (Å²) in [6.45, 7) is 7.16. The van der Waals surface area contributed by atoms with Crippen LogP contribution in [0, 0.1) is 0 Å². The minimum atomic E-state index is -0.312. The fraction of sp³-hybridized carbons (Fsp3) is 0.267. The average Bonchev–Trinajstić information content (AvgIpc) is 3.59. The highest BCUT2D eigenvalue weighted by Gasteiger charge is 2.29. The number of rotatable bonds is 5. The lowest BCUT2D eigenvalue weighted by molar-refractivity contribution is 0.0783. The highest BCUT2D eigenvalue weighted by molar-refractivity contribution is 6.33. The quantitative estimate of drug-likeness (QED) is 0.358. The minimum Gasteiger partial charge on any atom is -0.383 e. The van der Waals surface area contributed by atoms with Crippen molar-refractivity contribution in [3.63, 3.8) is 0 Å². The molecule has 39 heavy (non-hydrogen) atoms. The van der Waals surface area contributed by atoms with Gasteiger partial charge in [-0.1, -0.05) is 41.9 Å². The Hall–Kier alpha value is -4.17. The monoisotopic (exact) mass is 542 g/mol. The van der Waals surface area contributed by atoms with E-state index in [2.05, 4.69) is 36.2 Å². The number of nitrogens with two attached hydrogens (primary N) is 1.